The standard InChI is InChI=1S/C23H27N5O4S/c1-31-8-5-17-13-32-9-7-27(17)16-2-3-21-20(10-16)19(4-6-25-21)23(30)26-12-22(29)28-15-33-14-18(28)11-24/h2-4,6,10,17-18H,5,7-9,12-15H2,1H3,(H,26,30). The van der Waals surface area contributed by atoms with E-state index in [9.17, 15) is 14.9 Å². The minimum atomic E-state index is -0.441. The Labute approximate surface area is 197 Å². The van der Waals surface area contributed by atoms with Crippen molar-refractivity contribution in [3.05, 3.63) is 36.0 Å². The molecule has 9 nitrogen and oxygen atoms in total. The average molecular weight is 470 g/mol. The molecule has 4 rings (SSSR count). The van der Waals surface area contributed by atoms with Crippen LogP contribution < -0.4 is 10.2 Å². The van der Waals surface area contributed by atoms with E-state index in [0.29, 0.717) is 42.5 Å². The smallest absolute Gasteiger partial charge is 0.252 e. The number of rotatable bonds is 7. The summed E-state index contributed by atoms with van der Waals surface area (Å²) < 4.78 is 10.9. The van der Waals surface area contributed by atoms with E-state index >= 15 is 0 Å². The molecule has 1 aromatic heterocycles. The number of thioether (sulfide) groups is 1. The van der Waals surface area contributed by atoms with E-state index in [1.165, 1.54) is 16.7 Å². The van der Waals surface area contributed by atoms with Crippen molar-refractivity contribution in [3.8, 4) is 6.07 Å². The number of benzene rings is 1. The van der Waals surface area contributed by atoms with E-state index in [1.54, 1.807) is 19.4 Å². The number of methoxy groups -OCH3 is 1. The van der Waals surface area contributed by atoms with Gasteiger partial charge in [-0.2, -0.15) is 5.26 Å². The first-order valence-corrected chi connectivity index (χ1v) is 12.0. The van der Waals surface area contributed by atoms with Crippen LogP contribution in [-0.2, 0) is 14.3 Å². The number of amides is 2. The van der Waals surface area contributed by atoms with E-state index in [1.807, 2.05) is 18.2 Å². The molecule has 0 aliphatic carbocycles. The van der Waals surface area contributed by atoms with Crippen molar-refractivity contribution in [2.24, 2.45) is 0 Å². The van der Waals surface area contributed by atoms with Gasteiger partial charge in [0.05, 0.1) is 48.8 Å². The Kier molecular flexibility index (Phi) is 7.65. The third kappa shape index (κ3) is 5.21. The van der Waals surface area contributed by atoms with Crippen LogP contribution in [0.15, 0.2) is 30.5 Å². The molecule has 0 bridgehead atoms. The van der Waals surface area contributed by atoms with Crippen LogP contribution >= 0.6 is 11.8 Å². The number of nitrogens with one attached hydrogen (secondary N) is 1. The molecule has 2 atom stereocenters. The summed E-state index contributed by atoms with van der Waals surface area (Å²) in [5, 5.41) is 12.6. The van der Waals surface area contributed by atoms with Gasteiger partial charge in [-0.25, -0.2) is 0 Å². The fourth-order valence-electron chi connectivity index (χ4n) is 4.15. The zero-order valence-corrected chi connectivity index (χ0v) is 19.3. The highest BCUT2D eigenvalue weighted by atomic mass is 32.2. The van der Waals surface area contributed by atoms with Crippen LogP contribution in [0.1, 0.15) is 16.8 Å². The monoisotopic (exact) mass is 469 g/mol. The first-order chi connectivity index (χ1) is 16.1. The Morgan fingerprint density at radius 2 is 2.27 bits per heavy atom. The van der Waals surface area contributed by atoms with Crippen molar-refractivity contribution < 1.29 is 19.1 Å². The number of carbonyl (C=O) groups is 2. The van der Waals surface area contributed by atoms with Gasteiger partial charge in [-0.15, -0.1) is 11.8 Å². The molecule has 2 amide bonds. The third-order valence-electron chi connectivity index (χ3n) is 5.94. The Morgan fingerprint density at radius 3 is 3.09 bits per heavy atom. The van der Waals surface area contributed by atoms with E-state index in [0.717, 1.165) is 24.0 Å². The topological polar surface area (TPSA) is 108 Å². The van der Waals surface area contributed by atoms with Gasteiger partial charge in [0.15, 0.2) is 0 Å². The molecule has 2 unspecified atom stereocenters. The van der Waals surface area contributed by atoms with Gasteiger partial charge in [0.2, 0.25) is 5.91 Å². The van der Waals surface area contributed by atoms with Gasteiger partial charge >= 0.3 is 0 Å². The van der Waals surface area contributed by atoms with Gasteiger partial charge in [0.25, 0.3) is 5.91 Å². The van der Waals surface area contributed by atoms with Gasteiger partial charge < -0.3 is 24.6 Å². The summed E-state index contributed by atoms with van der Waals surface area (Å²) in [6.07, 6.45) is 2.44. The maximum absolute atomic E-state index is 13.0. The molecule has 2 saturated heterocycles. The lowest BCUT2D eigenvalue weighted by molar-refractivity contribution is -0.129. The second kappa shape index (κ2) is 10.8. The van der Waals surface area contributed by atoms with Gasteiger partial charge in [-0.1, -0.05) is 0 Å². The molecule has 174 valence electrons. The van der Waals surface area contributed by atoms with Crippen molar-refractivity contribution in [2.75, 3.05) is 56.5 Å². The minimum Gasteiger partial charge on any atom is -0.385 e. The lowest BCUT2D eigenvalue weighted by Gasteiger charge is -2.37. The quantitative estimate of drug-likeness (QED) is 0.652. The summed E-state index contributed by atoms with van der Waals surface area (Å²) in [5.41, 5.74) is 2.17. The van der Waals surface area contributed by atoms with Crippen LogP contribution in [-0.4, -0.2) is 85.4 Å². The lowest BCUT2D eigenvalue weighted by atomic mass is 10.1. The summed E-state index contributed by atoms with van der Waals surface area (Å²) in [6.45, 7) is 2.52. The highest BCUT2D eigenvalue weighted by Gasteiger charge is 2.29. The summed E-state index contributed by atoms with van der Waals surface area (Å²) in [4.78, 5) is 33.7. The third-order valence-corrected chi connectivity index (χ3v) is 6.95. The zero-order valence-electron chi connectivity index (χ0n) is 18.5. The Bertz CT molecular complexity index is 1060. The molecule has 1 aromatic carbocycles. The van der Waals surface area contributed by atoms with Crippen molar-refractivity contribution in [1.82, 2.24) is 15.2 Å². The number of anilines is 1. The summed E-state index contributed by atoms with van der Waals surface area (Å²) >= 11 is 1.54. The zero-order chi connectivity index (χ0) is 23.2. The summed E-state index contributed by atoms with van der Waals surface area (Å²) in [7, 11) is 1.69. The number of aromatic nitrogens is 1. The molecule has 0 spiro atoms. The molecule has 2 aromatic rings. The van der Waals surface area contributed by atoms with Gasteiger partial charge in [-0.3, -0.25) is 14.6 Å². The maximum Gasteiger partial charge on any atom is 0.252 e. The fourth-order valence-corrected chi connectivity index (χ4v) is 5.25. The van der Waals surface area contributed by atoms with E-state index in [4.69, 9.17) is 9.47 Å². The molecule has 33 heavy (non-hydrogen) atoms. The first-order valence-electron chi connectivity index (χ1n) is 10.9. The fraction of sp³-hybridized carbons (Fsp3) is 0.478. The van der Waals surface area contributed by atoms with Gasteiger partial charge in [0, 0.05) is 43.3 Å². The largest absolute Gasteiger partial charge is 0.385 e. The van der Waals surface area contributed by atoms with Crippen LogP contribution in [0.3, 0.4) is 0 Å². The van der Waals surface area contributed by atoms with Crippen molar-refractivity contribution in [2.45, 2.75) is 18.5 Å². The molecule has 10 heteroatoms. The van der Waals surface area contributed by atoms with Crippen LogP contribution in [0.4, 0.5) is 5.69 Å². The molecule has 0 saturated carbocycles. The number of fused-ring (bicyclic) bond motifs is 1. The number of hydrogen-bond donors (Lipinski definition) is 1. The van der Waals surface area contributed by atoms with Gasteiger partial charge in [0.1, 0.15) is 6.04 Å². The molecule has 3 heterocycles. The molecule has 1 N–H and O–H groups in total. The summed E-state index contributed by atoms with van der Waals surface area (Å²) in [5.74, 6) is 0.471. The second-order valence-corrected chi connectivity index (χ2v) is 8.95. The van der Waals surface area contributed by atoms with Crippen molar-refractivity contribution >= 4 is 40.2 Å². The maximum atomic E-state index is 13.0. The molecular formula is C23H27N5O4S. The number of hydrogen-bond acceptors (Lipinski definition) is 8. The number of morpholine rings is 1. The second-order valence-electron chi connectivity index (χ2n) is 7.95. The Balaban J connectivity index is 1.52. The molecule has 0 radical (unpaired) electrons. The van der Waals surface area contributed by atoms with Crippen LogP contribution in [0.2, 0.25) is 0 Å². The first kappa shape index (κ1) is 23.3. The van der Waals surface area contributed by atoms with Crippen molar-refractivity contribution in [1.29, 1.82) is 5.26 Å². The number of ether oxygens (including phenoxy) is 2. The van der Waals surface area contributed by atoms with Crippen LogP contribution in [0, 0.1) is 11.3 Å². The highest BCUT2D eigenvalue weighted by molar-refractivity contribution is 7.99. The van der Waals surface area contributed by atoms with Crippen LogP contribution in [0.5, 0.6) is 0 Å². The predicted molar refractivity (Wildman–Crippen MR) is 126 cm³/mol. The SMILES string of the molecule is COCCC1COCCN1c1ccc2nccc(C(=O)NCC(=O)N3CSCC3C#N)c2c1. The minimum absolute atomic E-state index is 0.149. The van der Waals surface area contributed by atoms with E-state index < -0.39 is 6.04 Å². The number of nitriles is 1. The number of pyridine rings is 1. The Hall–Kier alpha value is -2.87. The van der Waals surface area contributed by atoms with Gasteiger partial charge in [-0.05, 0) is 30.7 Å². The molecular weight excluding hydrogens is 442 g/mol. The lowest BCUT2D eigenvalue weighted by Crippen LogP contribution is -2.46. The van der Waals surface area contributed by atoms with E-state index in [2.05, 4.69) is 21.3 Å². The highest BCUT2D eigenvalue weighted by Crippen LogP contribution is 2.27. The predicted octanol–water partition coefficient (Wildman–Crippen LogP) is 1.63. The average Bonchev–Trinajstić information content (AvgIpc) is 3.34. The normalized spacial score (nSPS) is 20.6. The number of carbonyl (C=O) groups excluding carboxylic acids is 2. The van der Waals surface area contributed by atoms with E-state index in [-0.39, 0.29) is 24.4 Å². The Morgan fingerprint density at radius 1 is 1.39 bits per heavy atom. The van der Waals surface area contributed by atoms with Crippen molar-refractivity contribution in [3.63, 3.8) is 0 Å². The summed E-state index contributed by atoms with van der Waals surface area (Å²) in [6, 6.07) is 9.45. The van der Waals surface area contributed by atoms with Crippen LogP contribution in [0.25, 0.3) is 10.9 Å². The number of nitrogens with zero attached hydrogens (tertiary/aromatic N) is 4. The molecule has 2 aliphatic rings. The molecule has 2 fully saturated rings. The molecule has 2 aliphatic heterocycles.